The molecule has 3 atom stereocenters. The van der Waals surface area contributed by atoms with Gasteiger partial charge in [0, 0.05) is 30.0 Å². The van der Waals surface area contributed by atoms with Crippen LogP contribution < -0.4 is 15.4 Å². The van der Waals surface area contributed by atoms with E-state index in [1.165, 1.54) is 0 Å². The highest BCUT2D eigenvalue weighted by molar-refractivity contribution is 8.01. The predicted octanol–water partition coefficient (Wildman–Crippen LogP) is 9.46. The van der Waals surface area contributed by atoms with Gasteiger partial charge in [-0.25, -0.2) is 4.79 Å². The summed E-state index contributed by atoms with van der Waals surface area (Å²) in [7, 11) is 0. The molecule has 6 aromatic rings. The Bertz CT molecular complexity index is 2060. The van der Waals surface area contributed by atoms with E-state index >= 15 is 0 Å². The van der Waals surface area contributed by atoms with E-state index in [9.17, 15) is 9.90 Å². The number of benzene rings is 5. The maximum Gasteiger partial charge on any atom is 0.319 e. The summed E-state index contributed by atoms with van der Waals surface area (Å²) in [5.74, 6) is 2.16. The number of anilines is 1. The number of aliphatic hydroxyl groups excluding tert-OH is 1. The number of nitrogens with one attached hydrogen (secondary N) is 2. The molecular formula is C41H38N4O5S2. The zero-order chi connectivity index (χ0) is 35.7. The van der Waals surface area contributed by atoms with Crippen LogP contribution in [0.3, 0.4) is 0 Å². The molecule has 0 radical (unpaired) electrons. The van der Waals surface area contributed by atoms with Gasteiger partial charge in [-0.15, -0.1) is 10.2 Å². The number of nitrogens with zero attached hydrogens (tertiary/aromatic N) is 2. The molecular weight excluding hydrogens is 693 g/mol. The summed E-state index contributed by atoms with van der Waals surface area (Å²) in [5, 5.41) is 24.8. The van der Waals surface area contributed by atoms with Crippen molar-refractivity contribution in [2.24, 2.45) is 0 Å². The number of ether oxygens (including phenoxy) is 3. The molecule has 52 heavy (non-hydrogen) atoms. The summed E-state index contributed by atoms with van der Waals surface area (Å²) in [5.41, 5.74) is 6.50. The molecule has 3 unspecified atom stereocenters. The van der Waals surface area contributed by atoms with E-state index in [2.05, 4.69) is 39.0 Å². The quantitative estimate of drug-likeness (QED) is 0.107. The number of thioether (sulfide) groups is 1. The van der Waals surface area contributed by atoms with Crippen molar-refractivity contribution in [3.63, 3.8) is 0 Å². The van der Waals surface area contributed by atoms with E-state index in [-0.39, 0.29) is 24.8 Å². The van der Waals surface area contributed by atoms with Crippen LogP contribution in [-0.2, 0) is 22.6 Å². The van der Waals surface area contributed by atoms with E-state index in [1.54, 1.807) is 23.1 Å². The number of aliphatic hydroxyl groups is 1. The molecule has 0 spiro atoms. The van der Waals surface area contributed by atoms with Gasteiger partial charge in [0.2, 0.25) is 0 Å². The Morgan fingerprint density at radius 2 is 1.56 bits per heavy atom. The minimum absolute atomic E-state index is 0.00269. The van der Waals surface area contributed by atoms with Crippen LogP contribution in [0.1, 0.15) is 46.1 Å². The maximum absolute atomic E-state index is 12.8. The molecule has 1 aliphatic heterocycles. The molecule has 11 heteroatoms. The first-order valence-corrected chi connectivity index (χ1v) is 18.8. The highest BCUT2D eigenvalue weighted by atomic mass is 32.2. The zero-order valence-corrected chi connectivity index (χ0v) is 30.1. The van der Waals surface area contributed by atoms with Crippen LogP contribution in [-0.4, -0.2) is 33.2 Å². The molecule has 0 aliphatic carbocycles. The Morgan fingerprint density at radius 3 is 2.29 bits per heavy atom. The molecule has 7 rings (SSSR count). The Kier molecular flexibility index (Phi) is 11.6. The van der Waals surface area contributed by atoms with Crippen molar-refractivity contribution in [3.05, 3.63) is 155 Å². The number of amides is 2. The Balaban J connectivity index is 0.997. The average Bonchev–Trinajstić information content (AvgIpc) is 3.62. The lowest BCUT2D eigenvalue weighted by Gasteiger charge is -2.36. The van der Waals surface area contributed by atoms with Crippen LogP contribution in [0.25, 0.3) is 11.1 Å². The highest BCUT2D eigenvalue weighted by Gasteiger charge is 2.32. The van der Waals surface area contributed by atoms with E-state index < -0.39 is 6.29 Å². The fraction of sp³-hybridized carbons (Fsp3) is 0.195. The number of para-hydroxylation sites is 1. The third-order valence-electron chi connectivity index (χ3n) is 8.56. The zero-order valence-electron chi connectivity index (χ0n) is 28.5. The van der Waals surface area contributed by atoms with E-state index in [1.807, 2.05) is 116 Å². The molecule has 1 aliphatic rings. The molecule has 0 bridgehead atoms. The van der Waals surface area contributed by atoms with Gasteiger partial charge in [-0.05, 0) is 71.1 Å². The normalized spacial score (nSPS) is 17.0. The summed E-state index contributed by atoms with van der Waals surface area (Å²) < 4.78 is 19.8. The van der Waals surface area contributed by atoms with Crippen molar-refractivity contribution < 1.29 is 24.1 Å². The third-order valence-corrected chi connectivity index (χ3v) is 10.7. The number of hydrogen-bond acceptors (Lipinski definition) is 9. The Morgan fingerprint density at radius 1 is 0.846 bits per heavy atom. The second kappa shape index (κ2) is 17.0. The van der Waals surface area contributed by atoms with Crippen molar-refractivity contribution in [2.45, 2.75) is 49.3 Å². The summed E-state index contributed by atoms with van der Waals surface area (Å²) in [4.78, 5) is 12.8. The summed E-state index contributed by atoms with van der Waals surface area (Å²) in [6.45, 7) is 2.30. The van der Waals surface area contributed by atoms with E-state index in [0.717, 1.165) is 54.2 Å². The number of carbonyl (C=O) groups excluding carboxylic acids is 1. The minimum atomic E-state index is -0.563. The van der Waals surface area contributed by atoms with Gasteiger partial charge < -0.3 is 30.0 Å². The predicted molar refractivity (Wildman–Crippen MR) is 204 cm³/mol. The number of rotatable bonds is 12. The highest BCUT2D eigenvalue weighted by Crippen LogP contribution is 2.40. The van der Waals surface area contributed by atoms with Crippen LogP contribution in [0.5, 0.6) is 11.5 Å². The van der Waals surface area contributed by atoms with Crippen molar-refractivity contribution in [2.75, 3.05) is 11.1 Å². The van der Waals surface area contributed by atoms with Gasteiger partial charge in [-0.3, -0.25) is 0 Å². The fourth-order valence-corrected chi connectivity index (χ4v) is 7.74. The largest absolute Gasteiger partial charge is 0.457 e. The Labute approximate surface area is 311 Å². The van der Waals surface area contributed by atoms with E-state index in [0.29, 0.717) is 24.4 Å². The lowest BCUT2D eigenvalue weighted by Crippen LogP contribution is -2.31. The number of aromatic nitrogens is 2. The van der Waals surface area contributed by atoms with Crippen LogP contribution in [0.4, 0.5) is 10.5 Å². The van der Waals surface area contributed by atoms with Gasteiger partial charge >= 0.3 is 6.03 Å². The second-order valence-corrected chi connectivity index (χ2v) is 14.7. The molecule has 3 N–H and O–H groups in total. The van der Waals surface area contributed by atoms with Gasteiger partial charge in [0.15, 0.2) is 10.6 Å². The molecule has 0 saturated carbocycles. The van der Waals surface area contributed by atoms with Gasteiger partial charge in [-0.2, -0.15) is 0 Å². The molecule has 1 fully saturated rings. The first kappa shape index (κ1) is 35.4. The molecule has 264 valence electrons. The third kappa shape index (κ3) is 9.24. The van der Waals surface area contributed by atoms with Gasteiger partial charge in [0.1, 0.15) is 16.5 Å². The van der Waals surface area contributed by atoms with Gasteiger partial charge in [-0.1, -0.05) is 114 Å². The summed E-state index contributed by atoms with van der Waals surface area (Å²) in [6, 6.07) is 40.6. The summed E-state index contributed by atoms with van der Waals surface area (Å²) in [6.07, 6.45) is -0.119. The molecule has 2 amide bonds. The fourth-order valence-electron chi connectivity index (χ4n) is 5.88. The van der Waals surface area contributed by atoms with Crippen molar-refractivity contribution in [3.8, 4) is 22.6 Å². The maximum atomic E-state index is 12.8. The topological polar surface area (TPSA) is 115 Å². The van der Waals surface area contributed by atoms with Crippen molar-refractivity contribution in [1.29, 1.82) is 0 Å². The average molecular weight is 731 g/mol. The van der Waals surface area contributed by atoms with E-state index in [4.69, 9.17) is 14.2 Å². The molecule has 1 saturated heterocycles. The number of hydrogen-bond donors (Lipinski definition) is 3. The van der Waals surface area contributed by atoms with Crippen molar-refractivity contribution >= 4 is 34.8 Å². The van der Waals surface area contributed by atoms with Gasteiger partial charge in [0.25, 0.3) is 0 Å². The second-order valence-electron chi connectivity index (χ2n) is 12.3. The summed E-state index contributed by atoms with van der Waals surface area (Å²) >= 11 is 3.23. The van der Waals surface area contributed by atoms with Crippen LogP contribution in [0.15, 0.2) is 132 Å². The molecule has 2 heterocycles. The first-order valence-electron chi connectivity index (χ1n) is 17.0. The lowest BCUT2D eigenvalue weighted by atomic mass is 9.98. The monoisotopic (exact) mass is 730 g/mol. The minimum Gasteiger partial charge on any atom is -0.457 e. The molecule has 5 aromatic carbocycles. The first-order chi connectivity index (χ1) is 25.5. The standard InChI is InChI=1S/C41H38N4O5S2/c1-27-44-45-41(52-27)51-26-36-23-38(30-13-11-28(25-46)12-14-30)50-39(49-36)31-17-15-29(16-18-31)37-10-6-5-7-32(37)24-42-40(47)43-33-19-21-35(22-20-33)48-34-8-3-2-4-9-34/h2-22,36,38-39,46H,23-26H2,1H3,(H2,42,43,47). The Hall–Kier alpha value is -5.04. The number of aryl methyl sites for hydroxylation is 1. The molecule has 1 aromatic heterocycles. The van der Waals surface area contributed by atoms with Crippen LogP contribution >= 0.6 is 23.1 Å². The van der Waals surface area contributed by atoms with Crippen LogP contribution in [0, 0.1) is 6.92 Å². The van der Waals surface area contributed by atoms with Crippen LogP contribution in [0.2, 0.25) is 0 Å². The molecule has 9 nitrogen and oxygen atoms in total. The SMILES string of the molecule is Cc1nnc(SCC2CC(c3ccc(CO)cc3)OC(c3ccc(-c4ccccc4CNC(=O)Nc4ccc(Oc5ccccc5)cc4)cc3)O2)s1. The van der Waals surface area contributed by atoms with Gasteiger partial charge in [0.05, 0.1) is 18.8 Å². The van der Waals surface area contributed by atoms with Crippen molar-refractivity contribution in [1.82, 2.24) is 15.5 Å². The number of carbonyl (C=O) groups is 1. The smallest absolute Gasteiger partial charge is 0.319 e. The number of urea groups is 1. The lowest BCUT2D eigenvalue weighted by molar-refractivity contribution is -0.245.